The Hall–Kier alpha value is -1.56. The van der Waals surface area contributed by atoms with Gasteiger partial charge in [-0.05, 0) is 0 Å². The lowest BCUT2D eigenvalue weighted by atomic mass is 10.6. The van der Waals surface area contributed by atoms with Crippen molar-refractivity contribution in [2.24, 2.45) is 5.73 Å². The van der Waals surface area contributed by atoms with E-state index in [1.807, 2.05) is 0 Å². The molecule has 0 saturated carbocycles. The van der Waals surface area contributed by atoms with Gasteiger partial charge < -0.3 is 14.9 Å². The summed E-state index contributed by atoms with van der Waals surface area (Å²) in [6, 6.07) is 2.61. The van der Waals surface area contributed by atoms with E-state index < -0.39 is 4.92 Å². The molecule has 1 rings (SSSR count). The summed E-state index contributed by atoms with van der Waals surface area (Å²) in [6.45, 7) is 0.624. The molecule has 0 aliphatic heterocycles. The third-order valence-electron chi connectivity index (χ3n) is 1.11. The molecule has 0 aliphatic carbocycles. The van der Waals surface area contributed by atoms with Gasteiger partial charge in [-0.1, -0.05) is 0 Å². The third-order valence-corrected chi connectivity index (χ3v) is 1.11. The molecule has 6 heteroatoms. The van der Waals surface area contributed by atoms with Crippen LogP contribution in [0.4, 0.5) is 5.88 Å². The largest absolute Gasteiger partial charge is 0.464 e. The number of nitrogens with two attached hydrogens (primary N) is 1. The van der Waals surface area contributed by atoms with Gasteiger partial charge in [0.2, 0.25) is 0 Å². The molecular weight excluding hydrogens is 164 g/mol. The Kier molecular flexibility index (Phi) is 2.65. The maximum absolute atomic E-state index is 10.1. The molecule has 0 radical (unpaired) electrons. The highest BCUT2D eigenvalue weighted by Gasteiger charge is 2.11. The summed E-state index contributed by atoms with van der Waals surface area (Å²) >= 11 is 0. The van der Waals surface area contributed by atoms with Crippen LogP contribution in [0.25, 0.3) is 0 Å². The van der Waals surface area contributed by atoms with Crippen molar-refractivity contribution in [2.45, 2.75) is 0 Å². The van der Waals surface area contributed by atoms with E-state index in [4.69, 9.17) is 10.5 Å². The maximum Gasteiger partial charge on any atom is 0.436 e. The molecule has 66 valence electrons. The van der Waals surface area contributed by atoms with Crippen molar-refractivity contribution in [3.8, 4) is 5.95 Å². The van der Waals surface area contributed by atoms with Crippen LogP contribution in [0, 0.1) is 10.1 Å². The van der Waals surface area contributed by atoms with Crippen LogP contribution in [0.3, 0.4) is 0 Å². The number of ether oxygens (including phenoxy) is 1. The number of hydrogen-bond acceptors (Lipinski definition) is 5. The monoisotopic (exact) mass is 172 g/mol. The molecule has 0 atom stereocenters. The molecular formula is C6H8N2O4. The molecule has 2 N–H and O–H groups in total. The van der Waals surface area contributed by atoms with E-state index in [1.54, 1.807) is 0 Å². The molecule has 0 bridgehead atoms. The molecule has 1 aromatic rings. The number of nitrogens with zero attached hydrogens (tertiary/aromatic N) is 1. The van der Waals surface area contributed by atoms with Crippen molar-refractivity contribution >= 4 is 5.88 Å². The fraction of sp³-hybridized carbons (Fsp3) is 0.333. The van der Waals surface area contributed by atoms with Crippen LogP contribution in [0.15, 0.2) is 16.5 Å². The molecule has 0 spiro atoms. The first-order valence-electron chi connectivity index (χ1n) is 3.31. The first-order chi connectivity index (χ1) is 5.74. The molecule has 12 heavy (non-hydrogen) atoms. The summed E-state index contributed by atoms with van der Waals surface area (Å²) in [7, 11) is 0. The maximum atomic E-state index is 10.1. The van der Waals surface area contributed by atoms with E-state index in [0.717, 1.165) is 0 Å². The molecule has 1 heterocycles. The normalized spacial score (nSPS) is 9.75. The summed E-state index contributed by atoms with van der Waals surface area (Å²) < 4.78 is 9.56. The van der Waals surface area contributed by atoms with Crippen molar-refractivity contribution < 1.29 is 14.1 Å². The van der Waals surface area contributed by atoms with Crippen LogP contribution >= 0.6 is 0 Å². The fourth-order valence-corrected chi connectivity index (χ4v) is 0.646. The SMILES string of the molecule is NCCOc1ccc([N+](=O)[O-])o1. The molecule has 0 fully saturated rings. The van der Waals surface area contributed by atoms with E-state index in [0.29, 0.717) is 6.54 Å². The predicted octanol–water partition coefficient (Wildman–Crippen LogP) is 0.525. The van der Waals surface area contributed by atoms with Crippen LogP contribution in [0.5, 0.6) is 5.95 Å². The van der Waals surface area contributed by atoms with Crippen LogP contribution < -0.4 is 10.5 Å². The highest BCUT2D eigenvalue weighted by atomic mass is 16.7. The number of rotatable bonds is 4. The smallest absolute Gasteiger partial charge is 0.436 e. The average molecular weight is 172 g/mol. The van der Waals surface area contributed by atoms with Gasteiger partial charge in [0.15, 0.2) is 0 Å². The van der Waals surface area contributed by atoms with Gasteiger partial charge in [-0.25, -0.2) is 0 Å². The molecule has 0 amide bonds. The first-order valence-corrected chi connectivity index (χ1v) is 3.31. The molecule has 6 nitrogen and oxygen atoms in total. The Balaban J connectivity index is 2.58. The lowest BCUT2D eigenvalue weighted by Crippen LogP contribution is -2.10. The van der Waals surface area contributed by atoms with Crippen LogP contribution in [0.2, 0.25) is 0 Å². The van der Waals surface area contributed by atoms with Gasteiger partial charge >= 0.3 is 5.88 Å². The number of furan rings is 1. The molecule has 0 saturated heterocycles. The Bertz CT molecular complexity index is 270. The Morgan fingerprint density at radius 2 is 2.42 bits per heavy atom. The minimum atomic E-state index is -0.630. The van der Waals surface area contributed by atoms with Gasteiger partial charge in [-0.2, -0.15) is 0 Å². The minimum Gasteiger partial charge on any atom is -0.464 e. The van der Waals surface area contributed by atoms with E-state index in [2.05, 4.69) is 4.42 Å². The van der Waals surface area contributed by atoms with Crippen molar-refractivity contribution in [1.29, 1.82) is 0 Å². The van der Waals surface area contributed by atoms with Gasteiger partial charge in [0.05, 0.1) is 6.07 Å². The number of hydrogen-bond donors (Lipinski definition) is 1. The van der Waals surface area contributed by atoms with Crippen LogP contribution in [-0.4, -0.2) is 18.1 Å². The van der Waals surface area contributed by atoms with Crippen molar-refractivity contribution in [3.05, 3.63) is 22.2 Å². The van der Waals surface area contributed by atoms with E-state index in [-0.39, 0.29) is 18.4 Å². The zero-order valence-electron chi connectivity index (χ0n) is 6.23. The fourth-order valence-electron chi connectivity index (χ4n) is 0.646. The molecule has 1 aromatic heterocycles. The highest BCUT2D eigenvalue weighted by molar-refractivity contribution is 5.21. The van der Waals surface area contributed by atoms with E-state index in [9.17, 15) is 10.1 Å². The Morgan fingerprint density at radius 1 is 1.67 bits per heavy atom. The lowest BCUT2D eigenvalue weighted by molar-refractivity contribution is -0.402. The zero-order chi connectivity index (χ0) is 8.97. The second-order valence-electron chi connectivity index (χ2n) is 1.99. The second-order valence-corrected chi connectivity index (χ2v) is 1.99. The topological polar surface area (TPSA) is 91.5 Å². The standard InChI is InChI=1S/C6H8N2O4/c7-3-4-11-6-2-1-5(12-6)8(9)10/h1-2H,3-4,7H2. The van der Waals surface area contributed by atoms with Crippen molar-refractivity contribution in [3.63, 3.8) is 0 Å². The van der Waals surface area contributed by atoms with Gasteiger partial charge in [-0.15, -0.1) is 0 Å². The lowest BCUT2D eigenvalue weighted by Gasteiger charge is -1.96. The van der Waals surface area contributed by atoms with Crippen molar-refractivity contribution in [1.82, 2.24) is 0 Å². The van der Waals surface area contributed by atoms with Gasteiger partial charge in [0.1, 0.15) is 11.5 Å². The Labute approximate surface area is 68.1 Å². The predicted molar refractivity (Wildman–Crippen MR) is 39.9 cm³/mol. The molecule has 0 unspecified atom stereocenters. The summed E-state index contributed by atoms with van der Waals surface area (Å²) in [5.41, 5.74) is 5.14. The van der Waals surface area contributed by atoms with Gasteiger partial charge in [0, 0.05) is 12.6 Å². The number of nitro groups is 1. The van der Waals surface area contributed by atoms with E-state index in [1.165, 1.54) is 12.1 Å². The summed E-state index contributed by atoms with van der Waals surface area (Å²) in [4.78, 5) is 9.49. The van der Waals surface area contributed by atoms with E-state index >= 15 is 0 Å². The summed E-state index contributed by atoms with van der Waals surface area (Å²) in [5.74, 6) is -0.214. The van der Waals surface area contributed by atoms with Gasteiger partial charge in [-0.3, -0.25) is 10.1 Å². The van der Waals surface area contributed by atoms with Gasteiger partial charge in [0.25, 0.3) is 5.95 Å². The van der Waals surface area contributed by atoms with Crippen molar-refractivity contribution in [2.75, 3.05) is 13.2 Å². The quantitative estimate of drug-likeness (QED) is 0.528. The van der Waals surface area contributed by atoms with Crippen LogP contribution in [-0.2, 0) is 0 Å². The Morgan fingerprint density at radius 3 is 2.92 bits per heavy atom. The highest BCUT2D eigenvalue weighted by Crippen LogP contribution is 2.21. The second kappa shape index (κ2) is 3.72. The molecule has 0 aliphatic rings. The summed E-state index contributed by atoms with van der Waals surface area (Å²) in [5, 5.41) is 10.1. The minimum absolute atomic E-state index is 0.118. The van der Waals surface area contributed by atoms with Crippen LogP contribution in [0.1, 0.15) is 0 Å². The zero-order valence-corrected chi connectivity index (χ0v) is 6.23. The molecule has 0 aromatic carbocycles. The average Bonchev–Trinajstić information content (AvgIpc) is 2.48. The summed E-state index contributed by atoms with van der Waals surface area (Å²) in [6.07, 6.45) is 0. The third kappa shape index (κ3) is 1.96. The first kappa shape index (κ1) is 8.54.